The van der Waals surface area contributed by atoms with Crippen molar-refractivity contribution < 1.29 is 4.42 Å². The van der Waals surface area contributed by atoms with Crippen molar-refractivity contribution in [2.24, 2.45) is 0 Å². The molecule has 0 bridgehead atoms. The molecule has 0 aliphatic rings. The number of benzene rings is 6. The van der Waals surface area contributed by atoms with Crippen molar-refractivity contribution in [2.75, 3.05) is 4.90 Å². The highest BCUT2D eigenvalue weighted by atomic mass is 16.3. The topological polar surface area (TPSA) is 29.3 Å². The Hall–Kier alpha value is -5.93. The highest BCUT2D eigenvalue weighted by Gasteiger charge is 2.17. The van der Waals surface area contributed by atoms with Crippen molar-refractivity contribution in [3.8, 4) is 33.4 Å². The Bertz CT molecular complexity index is 2180. The number of pyridine rings is 1. The summed E-state index contributed by atoms with van der Waals surface area (Å²) in [7, 11) is 0. The van der Waals surface area contributed by atoms with E-state index in [0.29, 0.717) is 0 Å². The Morgan fingerprint density at radius 1 is 0.386 bits per heavy atom. The van der Waals surface area contributed by atoms with Gasteiger partial charge >= 0.3 is 0 Å². The number of rotatable bonds is 6. The number of hydrogen-bond donors (Lipinski definition) is 0. The van der Waals surface area contributed by atoms with Gasteiger partial charge in [-0.1, -0.05) is 127 Å². The van der Waals surface area contributed by atoms with E-state index in [-0.39, 0.29) is 0 Å². The van der Waals surface area contributed by atoms with Gasteiger partial charge in [0.05, 0.1) is 0 Å². The normalized spacial score (nSPS) is 11.2. The molecular formula is C41H28N2O. The van der Waals surface area contributed by atoms with Crippen LogP contribution in [0.25, 0.3) is 55.3 Å². The maximum absolute atomic E-state index is 6.24. The van der Waals surface area contributed by atoms with Crippen LogP contribution in [0.1, 0.15) is 0 Å². The van der Waals surface area contributed by atoms with Crippen molar-refractivity contribution in [1.82, 2.24) is 4.98 Å². The van der Waals surface area contributed by atoms with Gasteiger partial charge in [0.1, 0.15) is 17.0 Å². The molecule has 208 valence electrons. The van der Waals surface area contributed by atoms with E-state index < -0.39 is 0 Å². The van der Waals surface area contributed by atoms with Crippen molar-refractivity contribution in [1.29, 1.82) is 0 Å². The lowest BCUT2D eigenvalue weighted by atomic mass is 10.00. The van der Waals surface area contributed by atoms with Gasteiger partial charge in [0.2, 0.25) is 0 Å². The SMILES string of the molecule is c1ccc(-c2ccc(-c3ccc(N(c4ccc(-c5ccccc5)cc4)c4cc5oc6ccccc6c5cn4)cc3)cc2)cc1. The van der Waals surface area contributed by atoms with E-state index in [9.17, 15) is 0 Å². The Morgan fingerprint density at radius 3 is 1.34 bits per heavy atom. The van der Waals surface area contributed by atoms with Gasteiger partial charge in [0, 0.05) is 34.4 Å². The third-order valence-corrected chi connectivity index (χ3v) is 8.16. The molecule has 0 unspecified atom stereocenters. The van der Waals surface area contributed by atoms with Gasteiger partial charge in [-0.15, -0.1) is 0 Å². The Balaban J connectivity index is 1.18. The summed E-state index contributed by atoms with van der Waals surface area (Å²) in [5.41, 5.74) is 10.8. The molecule has 0 N–H and O–H groups in total. The van der Waals surface area contributed by atoms with Gasteiger partial charge in [-0.2, -0.15) is 0 Å². The fraction of sp³-hybridized carbons (Fsp3) is 0. The van der Waals surface area contributed by atoms with Gasteiger partial charge in [-0.05, 0) is 63.7 Å². The van der Waals surface area contributed by atoms with Gasteiger partial charge < -0.3 is 4.42 Å². The fourth-order valence-corrected chi connectivity index (χ4v) is 5.87. The smallest absolute Gasteiger partial charge is 0.141 e. The number of para-hydroxylation sites is 1. The number of nitrogens with zero attached hydrogens (tertiary/aromatic N) is 2. The van der Waals surface area contributed by atoms with Gasteiger partial charge in [0.25, 0.3) is 0 Å². The molecule has 0 amide bonds. The van der Waals surface area contributed by atoms with E-state index in [1.807, 2.05) is 42.6 Å². The molecule has 6 aromatic carbocycles. The Morgan fingerprint density at radius 2 is 0.818 bits per heavy atom. The van der Waals surface area contributed by atoms with Crippen LogP contribution in [0.3, 0.4) is 0 Å². The molecular weight excluding hydrogens is 536 g/mol. The zero-order chi connectivity index (χ0) is 29.3. The van der Waals surface area contributed by atoms with Crippen LogP contribution in [0.4, 0.5) is 17.2 Å². The summed E-state index contributed by atoms with van der Waals surface area (Å²) in [5.74, 6) is 0.795. The van der Waals surface area contributed by atoms with Gasteiger partial charge in [0.15, 0.2) is 0 Å². The van der Waals surface area contributed by atoms with Crippen LogP contribution >= 0.6 is 0 Å². The summed E-state index contributed by atoms with van der Waals surface area (Å²) in [5, 5.41) is 2.08. The molecule has 0 saturated carbocycles. The molecule has 2 aromatic heterocycles. The summed E-state index contributed by atoms with van der Waals surface area (Å²) in [6, 6.07) is 57.1. The van der Waals surface area contributed by atoms with E-state index in [4.69, 9.17) is 9.40 Å². The van der Waals surface area contributed by atoms with Crippen LogP contribution in [-0.4, -0.2) is 4.98 Å². The molecule has 0 aliphatic carbocycles. The largest absolute Gasteiger partial charge is 0.456 e. The summed E-state index contributed by atoms with van der Waals surface area (Å²) >= 11 is 0. The van der Waals surface area contributed by atoms with E-state index in [1.165, 1.54) is 27.8 Å². The summed E-state index contributed by atoms with van der Waals surface area (Å²) in [4.78, 5) is 7.13. The summed E-state index contributed by atoms with van der Waals surface area (Å²) in [6.07, 6.45) is 1.92. The highest BCUT2D eigenvalue weighted by molar-refractivity contribution is 6.05. The molecule has 2 heterocycles. The van der Waals surface area contributed by atoms with Crippen molar-refractivity contribution in [3.63, 3.8) is 0 Å². The average molecular weight is 565 g/mol. The first-order chi connectivity index (χ1) is 21.8. The molecule has 0 radical (unpaired) electrons. The molecule has 0 saturated heterocycles. The number of hydrogen-bond acceptors (Lipinski definition) is 3. The maximum Gasteiger partial charge on any atom is 0.141 e. The number of anilines is 3. The first-order valence-corrected chi connectivity index (χ1v) is 14.8. The highest BCUT2D eigenvalue weighted by Crippen LogP contribution is 2.38. The molecule has 8 rings (SSSR count). The molecule has 3 heteroatoms. The first-order valence-electron chi connectivity index (χ1n) is 14.8. The van der Waals surface area contributed by atoms with Crippen LogP contribution in [0, 0.1) is 0 Å². The molecule has 0 spiro atoms. The minimum Gasteiger partial charge on any atom is -0.456 e. The van der Waals surface area contributed by atoms with E-state index in [0.717, 1.165) is 44.7 Å². The minimum atomic E-state index is 0.795. The average Bonchev–Trinajstić information content (AvgIpc) is 3.48. The number of furan rings is 1. The standard InChI is InChI=1S/C41H28N2O/c1-3-9-29(10-4-1)31-15-17-32(18-16-31)34-21-25-36(26-22-34)43(35-23-19-33(20-24-35)30-11-5-2-6-12-30)41-27-40-38(28-42-41)37-13-7-8-14-39(37)44-40/h1-28H. The predicted molar refractivity (Wildman–Crippen MR) is 183 cm³/mol. The molecule has 44 heavy (non-hydrogen) atoms. The first kappa shape index (κ1) is 25.8. The van der Waals surface area contributed by atoms with Gasteiger partial charge in [-0.3, -0.25) is 4.90 Å². The van der Waals surface area contributed by atoms with E-state index in [1.54, 1.807) is 0 Å². The van der Waals surface area contributed by atoms with Crippen molar-refractivity contribution >= 4 is 39.1 Å². The third kappa shape index (κ3) is 4.81. The minimum absolute atomic E-state index is 0.795. The maximum atomic E-state index is 6.24. The Labute approximate surface area is 256 Å². The second-order valence-electron chi connectivity index (χ2n) is 10.9. The lowest BCUT2D eigenvalue weighted by Crippen LogP contribution is -2.11. The second-order valence-corrected chi connectivity index (χ2v) is 10.9. The van der Waals surface area contributed by atoms with Crippen LogP contribution < -0.4 is 4.90 Å². The van der Waals surface area contributed by atoms with Crippen LogP contribution in [0.15, 0.2) is 174 Å². The summed E-state index contributed by atoms with van der Waals surface area (Å²) in [6.45, 7) is 0. The molecule has 0 fully saturated rings. The third-order valence-electron chi connectivity index (χ3n) is 8.16. The van der Waals surface area contributed by atoms with Crippen molar-refractivity contribution in [2.45, 2.75) is 0 Å². The lowest BCUT2D eigenvalue weighted by Gasteiger charge is -2.24. The fourth-order valence-electron chi connectivity index (χ4n) is 5.87. The van der Waals surface area contributed by atoms with Crippen LogP contribution in [0.5, 0.6) is 0 Å². The molecule has 0 atom stereocenters. The number of fused-ring (bicyclic) bond motifs is 3. The molecule has 0 aliphatic heterocycles. The molecule has 3 nitrogen and oxygen atoms in total. The zero-order valence-electron chi connectivity index (χ0n) is 24.0. The zero-order valence-corrected chi connectivity index (χ0v) is 24.0. The predicted octanol–water partition coefficient (Wildman–Crippen LogP) is 11.5. The Kier molecular flexibility index (Phi) is 6.47. The van der Waals surface area contributed by atoms with E-state index >= 15 is 0 Å². The lowest BCUT2D eigenvalue weighted by molar-refractivity contribution is 0.668. The number of aromatic nitrogens is 1. The van der Waals surface area contributed by atoms with Crippen LogP contribution in [0.2, 0.25) is 0 Å². The van der Waals surface area contributed by atoms with Crippen molar-refractivity contribution in [3.05, 3.63) is 170 Å². The summed E-state index contributed by atoms with van der Waals surface area (Å²) < 4.78 is 6.24. The second kappa shape index (κ2) is 11.0. The van der Waals surface area contributed by atoms with Crippen LogP contribution in [-0.2, 0) is 0 Å². The monoisotopic (exact) mass is 564 g/mol. The van der Waals surface area contributed by atoms with E-state index in [2.05, 4.69) is 132 Å². The molecule has 8 aromatic rings. The van der Waals surface area contributed by atoms with Gasteiger partial charge in [-0.25, -0.2) is 4.98 Å². The quantitative estimate of drug-likeness (QED) is 0.201.